The molecule has 33 heavy (non-hydrogen) atoms. The molecule has 0 aromatic heterocycles. The SMILES string of the molecule is COc1cc(NC(=O)OCC2c3ccccc3-c3ccccc32)c(C(=O)O)cc1OC(F)F. The van der Waals surface area contributed by atoms with Crippen molar-refractivity contribution >= 4 is 17.7 Å². The first-order valence-electron chi connectivity index (χ1n) is 9.91. The van der Waals surface area contributed by atoms with Crippen LogP contribution in [0.3, 0.4) is 0 Å². The molecule has 0 bridgehead atoms. The molecule has 7 nitrogen and oxygen atoms in total. The van der Waals surface area contributed by atoms with E-state index < -0.39 is 30.0 Å². The first-order valence-corrected chi connectivity index (χ1v) is 9.91. The van der Waals surface area contributed by atoms with Crippen LogP contribution in [-0.2, 0) is 4.74 Å². The zero-order chi connectivity index (χ0) is 23.5. The molecule has 1 aliphatic rings. The van der Waals surface area contributed by atoms with Crippen molar-refractivity contribution in [3.8, 4) is 22.6 Å². The molecular weight excluding hydrogens is 436 g/mol. The largest absolute Gasteiger partial charge is 0.493 e. The third-order valence-corrected chi connectivity index (χ3v) is 5.33. The summed E-state index contributed by atoms with van der Waals surface area (Å²) in [5, 5.41) is 11.8. The Balaban J connectivity index is 1.53. The molecule has 0 unspecified atom stereocenters. The van der Waals surface area contributed by atoms with Crippen LogP contribution in [0.4, 0.5) is 19.3 Å². The zero-order valence-electron chi connectivity index (χ0n) is 17.4. The van der Waals surface area contributed by atoms with Crippen LogP contribution in [0.5, 0.6) is 11.5 Å². The minimum atomic E-state index is -3.18. The van der Waals surface area contributed by atoms with Gasteiger partial charge in [0.1, 0.15) is 6.61 Å². The van der Waals surface area contributed by atoms with E-state index in [1.54, 1.807) is 0 Å². The van der Waals surface area contributed by atoms with E-state index in [1.165, 1.54) is 7.11 Å². The molecule has 0 fully saturated rings. The summed E-state index contributed by atoms with van der Waals surface area (Å²) in [6.07, 6.45) is -0.899. The number of nitrogens with one attached hydrogen (secondary N) is 1. The van der Waals surface area contributed by atoms with Gasteiger partial charge in [0.25, 0.3) is 0 Å². The summed E-state index contributed by atoms with van der Waals surface area (Å²) >= 11 is 0. The van der Waals surface area contributed by atoms with Gasteiger partial charge < -0.3 is 19.3 Å². The molecule has 9 heteroatoms. The van der Waals surface area contributed by atoms with E-state index >= 15 is 0 Å². The van der Waals surface area contributed by atoms with Crippen molar-refractivity contribution in [2.45, 2.75) is 12.5 Å². The van der Waals surface area contributed by atoms with Crippen LogP contribution in [0, 0.1) is 0 Å². The molecule has 0 saturated carbocycles. The topological polar surface area (TPSA) is 94.1 Å². The highest BCUT2D eigenvalue weighted by atomic mass is 19.3. The van der Waals surface area contributed by atoms with Crippen LogP contribution < -0.4 is 14.8 Å². The molecule has 3 aromatic rings. The van der Waals surface area contributed by atoms with E-state index in [4.69, 9.17) is 9.47 Å². The molecule has 0 spiro atoms. The molecule has 170 valence electrons. The number of benzene rings is 3. The number of aromatic carboxylic acids is 1. The first-order chi connectivity index (χ1) is 15.9. The molecule has 0 heterocycles. The average molecular weight is 455 g/mol. The number of carbonyl (C=O) groups is 2. The maximum atomic E-state index is 12.6. The molecule has 1 aliphatic carbocycles. The summed E-state index contributed by atoms with van der Waals surface area (Å²) in [4.78, 5) is 24.1. The maximum absolute atomic E-state index is 12.6. The predicted octanol–water partition coefficient (Wildman–Crippen LogP) is 5.36. The van der Waals surface area contributed by atoms with Gasteiger partial charge in [-0.2, -0.15) is 8.78 Å². The fraction of sp³-hybridized carbons (Fsp3) is 0.167. The van der Waals surface area contributed by atoms with E-state index in [1.807, 2.05) is 48.5 Å². The monoisotopic (exact) mass is 455 g/mol. The van der Waals surface area contributed by atoms with Gasteiger partial charge in [0.05, 0.1) is 18.4 Å². The smallest absolute Gasteiger partial charge is 0.411 e. The van der Waals surface area contributed by atoms with Gasteiger partial charge in [0, 0.05) is 18.1 Å². The van der Waals surface area contributed by atoms with Gasteiger partial charge in [-0.3, -0.25) is 5.32 Å². The van der Waals surface area contributed by atoms with Crippen molar-refractivity contribution < 1.29 is 37.7 Å². The number of anilines is 1. The summed E-state index contributed by atoms with van der Waals surface area (Å²) in [5.74, 6) is -2.28. The van der Waals surface area contributed by atoms with Crippen LogP contribution in [0.25, 0.3) is 11.1 Å². The third kappa shape index (κ3) is 4.43. The summed E-state index contributed by atoms with van der Waals surface area (Å²) in [5.41, 5.74) is 3.53. The lowest BCUT2D eigenvalue weighted by Crippen LogP contribution is -2.19. The molecule has 0 aliphatic heterocycles. The number of halogens is 2. The van der Waals surface area contributed by atoms with Gasteiger partial charge in [-0.1, -0.05) is 48.5 Å². The van der Waals surface area contributed by atoms with Crippen LogP contribution in [-0.4, -0.2) is 37.5 Å². The lowest BCUT2D eigenvalue weighted by atomic mass is 9.98. The molecule has 4 rings (SSSR count). The molecule has 3 aromatic carbocycles. The lowest BCUT2D eigenvalue weighted by molar-refractivity contribution is -0.0512. The lowest BCUT2D eigenvalue weighted by Gasteiger charge is -2.16. The minimum Gasteiger partial charge on any atom is -0.493 e. The number of fused-ring (bicyclic) bond motifs is 3. The van der Waals surface area contributed by atoms with Crippen molar-refractivity contribution in [2.75, 3.05) is 19.0 Å². The second-order valence-electron chi connectivity index (χ2n) is 7.18. The number of carboxylic acids is 1. The number of ether oxygens (including phenoxy) is 3. The number of rotatable bonds is 7. The standard InChI is InChI=1S/C24H19F2NO6/c1-31-20-11-19(17(22(28)29)10-21(20)33-23(25)26)27-24(30)32-12-18-15-8-4-2-6-13(15)14-7-3-5-9-16(14)18/h2-11,18,23H,12H2,1H3,(H,27,30)(H,28,29). The number of carboxylic acid groups (broad SMARTS) is 1. The highest BCUT2D eigenvalue weighted by Gasteiger charge is 2.29. The van der Waals surface area contributed by atoms with Gasteiger partial charge >= 0.3 is 18.7 Å². The Kier molecular flexibility index (Phi) is 6.12. The number of alkyl halides is 2. The fourth-order valence-corrected chi connectivity index (χ4v) is 3.93. The van der Waals surface area contributed by atoms with Crippen LogP contribution in [0.15, 0.2) is 60.7 Å². The van der Waals surface area contributed by atoms with E-state index in [9.17, 15) is 23.5 Å². The van der Waals surface area contributed by atoms with Crippen LogP contribution >= 0.6 is 0 Å². The fourth-order valence-electron chi connectivity index (χ4n) is 3.93. The molecule has 0 saturated heterocycles. The van der Waals surface area contributed by atoms with E-state index in [-0.39, 0.29) is 24.0 Å². The normalized spacial score (nSPS) is 12.1. The summed E-state index contributed by atoms with van der Waals surface area (Å²) in [6, 6.07) is 17.6. The van der Waals surface area contributed by atoms with Crippen molar-refractivity contribution in [2.24, 2.45) is 0 Å². The Morgan fingerprint density at radius 1 is 1.00 bits per heavy atom. The summed E-state index contributed by atoms with van der Waals surface area (Å²) in [6.45, 7) is -3.16. The Morgan fingerprint density at radius 2 is 1.61 bits per heavy atom. The minimum absolute atomic E-state index is 0.0198. The van der Waals surface area contributed by atoms with Crippen molar-refractivity contribution in [3.63, 3.8) is 0 Å². The van der Waals surface area contributed by atoms with Crippen molar-refractivity contribution in [1.82, 2.24) is 0 Å². The van der Waals surface area contributed by atoms with Gasteiger partial charge in [0.15, 0.2) is 11.5 Å². The average Bonchev–Trinajstić information content (AvgIpc) is 3.11. The number of amides is 1. The molecule has 2 N–H and O–H groups in total. The molecule has 1 amide bonds. The molecule has 0 radical (unpaired) electrons. The third-order valence-electron chi connectivity index (χ3n) is 5.33. The second kappa shape index (κ2) is 9.15. The Bertz CT molecular complexity index is 1170. The zero-order valence-corrected chi connectivity index (χ0v) is 17.4. The van der Waals surface area contributed by atoms with Crippen molar-refractivity contribution in [3.05, 3.63) is 77.4 Å². The first kappa shape index (κ1) is 22.1. The number of methoxy groups -OCH3 is 1. The van der Waals surface area contributed by atoms with E-state index in [0.29, 0.717) is 0 Å². The van der Waals surface area contributed by atoms with Crippen LogP contribution in [0.2, 0.25) is 0 Å². The Labute approximate surface area is 187 Å². The highest BCUT2D eigenvalue weighted by molar-refractivity contribution is 5.99. The van der Waals surface area contributed by atoms with Crippen molar-refractivity contribution in [1.29, 1.82) is 0 Å². The van der Waals surface area contributed by atoms with Gasteiger partial charge in [0.2, 0.25) is 0 Å². The summed E-state index contributed by atoms with van der Waals surface area (Å²) in [7, 11) is 1.20. The Morgan fingerprint density at radius 3 is 2.15 bits per heavy atom. The molecule has 0 atom stereocenters. The molecular formula is C24H19F2NO6. The van der Waals surface area contributed by atoms with Gasteiger partial charge in [-0.25, -0.2) is 9.59 Å². The van der Waals surface area contributed by atoms with Gasteiger partial charge in [-0.15, -0.1) is 0 Å². The highest BCUT2D eigenvalue weighted by Crippen LogP contribution is 2.44. The Hall–Kier alpha value is -4.14. The maximum Gasteiger partial charge on any atom is 0.411 e. The van der Waals surface area contributed by atoms with E-state index in [0.717, 1.165) is 34.4 Å². The predicted molar refractivity (Wildman–Crippen MR) is 115 cm³/mol. The number of hydrogen-bond donors (Lipinski definition) is 2. The second-order valence-corrected chi connectivity index (χ2v) is 7.18. The number of carbonyl (C=O) groups excluding carboxylic acids is 1. The van der Waals surface area contributed by atoms with Crippen LogP contribution in [0.1, 0.15) is 27.4 Å². The number of hydrogen-bond acceptors (Lipinski definition) is 5. The van der Waals surface area contributed by atoms with Gasteiger partial charge in [-0.05, 0) is 22.3 Å². The van der Waals surface area contributed by atoms with E-state index in [2.05, 4.69) is 10.1 Å². The quantitative estimate of drug-likeness (QED) is 0.499. The summed E-state index contributed by atoms with van der Waals surface area (Å²) < 4.78 is 39.9.